The Kier molecular flexibility index (Phi) is 5.68. The van der Waals surface area contributed by atoms with Crippen molar-refractivity contribution >= 4 is 23.4 Å². The number of aryl methyl sites for hydroxylation is 3. The molecule has 0 atom stereocenters. The molecule has 132 valence electrons. The van der Waals surface area contributed by atoms with Crippen LogP contribution in [0.15, 0.2) is 59.8 Å². The van der Waals surface area contributed by atoms with E-state index < -0.39 is 0 Å². The van der Waals surface area contributed by atoms with Gasteiger partial charge in [0.2, 0.25) is 5.91 Å². The summed E-state index contributed by atoms with van der Waals surface area (Å²) < 4.78 is 0. The molecule has 4 nitrogen and oxygen atoms in total. The monoisotopic (exact) mass is 363 g/mol. The standard InChI is InChI=1S/C21H21N3OS/c1-14-9-10-15(2)18(11-14)23-20(25)13-26-21-22-16(3)12-19(24-21)17-7-5-4-6-8-17/h4-12H,13H2,1-3H3,(H,23,25). The maximum atomic E-state index is 12.3. The van der Waals surface area contributed by atoms with Crippen LogP contribution in [0.3, 0.4) is 0 Å². The summed E-state index contributed by atoms with van der Waals surface area (Å²) in [5.74, 6) is 0.209. The van der Waals surface area contributed by atoms with Gasteiger partial charge in [-0.3, -0.25) is 4.79 Å². The average Bonchev–Trinajstić information content (AvgIpc) is 2.63. The predicted octanol–water partition coefficient (Wildman–Crippen LogP) is 4.80. The molecule has 2 aromatic carbocycles. The first-order valence-corrected chi connectivity index (χ1v) is 9.41. The lowest BCUT2D eigenvalue weighted by atomic mass is 10.1. The van der Waals surface area contributed by atoms with Gasteiger partial charge in [0.25, 0.3) is 0 Å². The molecule has 1 heterocycles. The second kappa shape index (κ2) is 8.15. The summed E-state index contributed by atoms with van der Waals surface area (Å²) in [6.07, 6.45) is 0. The van der Waals surface area contributed by atoms with Gasteiger partial charge in [-0.2, -0.15) is 0 Å². The zero-order valence-electron chi connectivity index (χ0n) is 15.1. The lowest BCUT2D eigenvalue weighted by Crippen LogP contribution is -2.15. The summed E-state index contributed by atoms with van der Waals surface area (Å²) in [7, 11) is 0. The Morgan fingerprint density at radius 2 is 1.77 bits per heavy atom. The Morgan fingerprint density at radius 1 is 1.00 bits per heavy atom. The number of carbonyl (C=O) groups is 1. The Morgan fingerprint density at radius 3 is 2.54 bits per heavy atom. The Hall–Kier alpha value is -2.66. The van der Waals surface area contributed by atoms with Gasteiger partial charge in [0, 0.05) is 16.9 Å². The van der Waals surface area contributed by atoms with Crippen molar-refractivity contribution in [3.8, 4) is 11.3 Å². The summed E-state index contributed by atoms with van der Waals surface area (Å²) in [4.78, 5) is 21.3. The predicted molar refractivity (Wildman–Crippen MR) is 107 cm³/mol. The highest BCUT2D eigenvalue weighted by atomic mass is 32.2. The third-order valence-electron chi connectivity index (χ3n) is 3.90. The van der Waals surface area contributed by atoms with Gasteiger partial charge in [0.1, 0.15) is 0 Å². The van der Waals surface area contributed by atoms with E-state index in [4.69, 9.17) is 0 Å². The summed E-state index contributed by atoms with van der Waals surface area (Å²) in [5.41, 5.74) is 5.82. The second-order valence-electron chi connectivity index (χ2n) is 6.20. The van der Waals surface area contributed by atoms with Gasteiger partial charge in [-0.25, -0.2) is 9.97 Å². The summed E-state index contributed by atoms with van der Waals surface area (Å²) in [6.45, 7) is 5.93. The van der Waals surface area contributed by atoms with Crippen LogP contribution in [0.4, 0.5) is 5.69 Å². The number of aromatic nitrogens is 2. The van der Waals surface area contributed by atoms with Gasteiger partial charge in [-0.05, 0) is 44.0 Å². The first-order valence-electron chi connectivity index (χ1n) is 8.42. The van der Waals surface area contributed by atoms with Crippen molar-refractivity contribution in [2.75, 3.05) is 11.1 Å². The highest BCUT2D eigenvalue weighted by Gasteiger charge is 2.09. The second-order valence-corrected chi connectivity index (χ2v) is 7.14. The van der Waals surface area contributed by atoms with Gasteiger partial charge in [-0.15, -0.1) is 0 Å². The highest BCUT2D eigenvalue weighted by Crippen LogP contribution is 2.22. The van der Waals surface area contributed by atoms with Crippen LogP contribution < -0.4 is 5.32 Å². The number of rotatable bonds is 5. The molecule has 0 aliphatic heterocycles. The van der Waals surface area contributed by atoms with Crippen LogP contribution in [0, 0.1) is 20.8 Å². The summed E-state index contributed by atoms with van der Waals surface area (Å²) in [5, 5.41) is 3.58. The van der Waals surface area contributed by atoms with E-state index in [0.717, 1.165) is 33.8 Å². The normalized spacial score (nSPS) is 10.6. The van der Waals surface area contributed by atoms with E-state index in [1.807, 2.05) is 75.4 Å². The molecule has 3 aromatic rings. The first-order chi connectivity index (χ1) is 12.5. The SMILES string of the molecule is Cc1ccc(C)c(NC(=O)CSc2nc(C)cc(-c3ccccc3)n2)c1. The summed E-state index contributed by atoms with van der Waals surface area (Å²) >= 11 is 1.35. The van der Waals surface area contributed by atoms with Gasteiger partial charge in [0.15, 0.2) is 5.16 Å². The van der Waals surface area contributed by atoms with E-state index in [2.05, 4.69) is 15.3 Å². The third-order valence-corrected chi connectivity index (χ3v) is 4.75. The number of carbonyl (C=O) groups excluding carboxylic acids is 1. The van der Waals surface area contributed by atoms with Crippen LogP contribution in [-0.4, -0.2) is 21.6 Å². The number of nitrogens with zero attached hydrogens (tertiary/aromatic N) is 2. The van der Waals surface area contributed by atoms with Gasteiger partial charge >= 0.3 is 0 Å². The Balaban J connectivity index is 1.68. The zero-order chi connectivity index (χ0) is 18.5. The van der Waals surface area contributed by atoms with E-state index >= 15 is 0 Å². The third kappa shape index (κ3) is 4.70. The average molecular weight is 363 g/mol. The van der Waals surface area contributed by atoms with Crippen molar-refractivity contribution in [1.29, 1.82) is 0 Å². The molecular formula is C21H21N3OS. The van der Waals surface area contributed by atoms with Crippen molar-refractivity contribution in [1.82, 2.24) is 9.97 Å². The Bertz CT molecular complexity index is 926. The molecule has 5 heteroatoms. The van der Waals surface area contributed by atoms with E-state index in [9.17, 15) is 4.79 Å². The fourth-order valence-corrected chi connectivity index (χ4v) is 3.25. The molecule has 0 aliphatic carbocycles. The molecule has 1 N–H and O–H groups in total. The molecule has 26 heavy (non-hydrogen) atoms. The number of thioether (sulfide) groups is 1. The molecule has 0 bridgehead atoms. The maximum absolute atomic E-state index is 12.3. The van der Waals surface area contributed by atoms with Gasteiger partial charge < -0.3 is 5.32 Å². The zero-order valence-corrected chi connectivity index (χ0v) is 15.9. The van der Waals surface area contributed by atoms with Crippen LogP contribution in [0.1, 0.15) is 16.8 Å². The van der Waals surface area contributed by atoms with Gasteiger partial charge in [-0.1, -0.05) is 54.2 Å². The van der Waals surface area contributed by atoms with Crippen molar-refractivity contribution in [3.63, 3.8) is 0 Å². The van der Waals surface area contributed by atoms with E-state index in [1.54, 1.807) is 0 Å². The highest BCUT2D eigenvalue weighted by molar-refractivity contribution is 7.99. The van der Waals surface area contributed by atoms with Crippen LogP contribution in [0.25, 0.3) is 11.3 Å². The minimum Gasteiger partial charge on any atom is -0.325 e. The van der Waals surface area contributed by atoms with Crippen molar-refractivity contribution in [3.05, 3.63) is 71.4 Å². The lowest BCUT2D eigenvalue weighted by Gasteiger charge is -2.09. The number of hydrogen-bond acceptors (Lipinski definition) is 4. The van der Waals surface area contributed by atoms with Crippen molar-refractivity contribution < 1.29 is 4.79 Å². The number of nitrogens with one attached hydrogen (secondary N) is 1. The fourth-order valence-electron chi connectivity index (χ4n) is 2.55. The van der Waals surface area contributed by atoms with Crippen LogP contribution >= 0.6 is 11.8 Å². The quantitative estimate of drug-likeness (QED) is 0.522. The Labute approximate surface area is 158 Å². The smallest absolute Gasteiger partial charge is 0.234 e. The topological polar surface area (TPSA) is 54.9 Å². The first kappa shape index (κ1) is 18.1. The van der Waals surface area contributed by atoms with Crippen LogP contribution in [-0.2, 0) is 4.79 Å². The molecule has 0 saturated heterocycles. The molecule has 0 fully saturated rings. The molecule has 0 spiro atoms. The van der Waals surface area contributed by atoms with E-state index in [1.165, 1.54) is 11.8 Å². The molecular weight excluding hydrogens is 342 g/mol. The minimum absolute atomic E-state index is 0.0601. The molecule has 1 amide bonds. The molecule has 0 unspecified atom stereocenters. The maximum Gasteiger partial charge on any atom is 0.234 e. The molecule has 0 aliphatic rings. The number of benzene rings is 2. The van der Waals surface area contributed by atoms with Crippen LogP contribution in [0.5, 0.6) is 0 Å². The lowest BCUT2D eigenvalue weighted by molar-refractivity contribution is -0.113. The number of amides is 1. The molecule has 1 aromatic heterocycles. The van der Waals surface area contributed by atoms with E-state index in [-0.39, 0.29) is 11.7 Å². The number of hydrogen-bond donors (Lipinski definition) is 1. The fraction of sp³-hybridized carbons (Fsp3) is 0.190. The largest absolute Gasteiger partial charge is 0.325 e. The van der Waals surface area contributed by atoms with Crippen molar-refractivity contribution in [2.45, 2.75) is 25.9 Å². The molecule has 0 saturated carbocycles. The van der Waals surface area contributed by atoms with Gasteiger partial charge in [0.05, 0.1) is 11.4 Å². The number of anilines is 1. The van der Waals surface area contributed by atoms with Crippen molar-refractivity contribution in [2.24, 2.45) is 0 Å². The summed E-state index contributed by atoms with van der Waals surface area (Å²) in [6, 6.07) is 18.0. The van der Waals surface area contributed by atoms with E-state index in [0.29, 0.717) is 5.16 Å². The molecule has 0 radical (unpaired) electrons. The molecule has 3 rings (SSSR count). The minimum atomic E-state index is -0.0601. The van der Waals surface area contributed by atoms with Crippen LogP contribution in [0.2, 0.25) is 0 Å².